The molecule has 192 valence electrons. The van der Waals surface area contributed by atoms with Crippen molar-refractivity contribution in [2.24, 2.45) is 0 Å². The van der Waals surface area contributed by atoms with E-state index in [-0.39, 0.29) is 22.0 Å². The van der Waals surface area contributed by atoms with Crippen LogP contribution in [0.25, 0.3) is 11.4 Å². The minimum atomic E-state index is -6.11. The highest BCUT2D eigenvalue weighted by atomic mass is 32.2. The van der Waals surface area contributed by atoms with Gasteiger partial charge in [0.25, 0.3) is 6.43 Å². The standard InChI is InChI=1S/C18H15F8N5O3S/c1-2-35(32,33)13-4-3-10(31-9-27-8-29-31)5-12(13)30-7-11(6-28-30)34-16(22)18(25,26)17(23,24)14(19)15(20)21/h3-9,14-16H,2H2,1H3. The molecule has 0 N–H and O–H groups in total. The third kappa shape index (κ3) is 4.94. The number of hydrogen-bond donors (Lipinski definition) is 0. The van der Waals surface area contributed by atoms with Crippen molar-refractivity contribution in [1.29, 1.82) is 0 Å². The summed E-state index contributed by atoms with van der Waals surface area (Å²) in [6.45, 7) is 1.34. The summed E-state index contributed by atoms with van der Waals surface area (Å²) in [5.41, 5.74) is 0.102. The van der Waals surface area contributed by atoms with Gasteiger partial charge < -0.3 is 4.74 Å². The number of rotatable bonds is 10. The number of aromatic nitrogens is 5. The van der Waals surface area contributed by atoms with Crippen LogP contribution in [0.4, 0.5) is 35.1 Å². The summed E-state index contributed by atoms with van der Waals surface area (Å²) >= 11 is 0. The van der Waals surface area contributed by atoms with Gasteiger partial charge in [0.15, 0.2) is 15.6 Å². The van der Waals surface area contributed by atoms with Gasteiger partial charge in [0.2, 0.25) is 6.17 Å². The summed E-state index contributed by atoms with van der Waals surface area (Å²) in [5.74, 6) is -13.4. The third-order valence-corrected chi connectivity index (χ3v) is 6.46. The van der Waals surface area contributed by atoms with Crippen LogP contribution >= 0.6 is 0 Å². The predicted molar refractivity (Wildman–Crippen MR) is 103 cm³/mol. The first-order valence-corrected chi connectivity index (χ1v) is 11.1. The lowest BCUT2D eigenvalue weighted by molar-refractivity contribution is -0.305. The zero-order valence-corrected chi connectivity index (χ0v) is 18.2. The van der Waals surface area contributed by atoms with Crippen LogP contribution < -0.4 is 4.74 Å². The van der Waals surface area contributed by atoms with Crippen molar-refractivity contribution in [3.05, 3.63) is 43.2 Å². The molecule has 0 amide bonds. The second-order valence-corrected chi connectivity index (χ2v) is 9.18. The Morgan fingerprint density at radius 3 is 2.29 bits per heavy atom. The molecule has 0 aliphatic rings. The van der Waals surface area contributed by atoms with Gasteiger partial charge in [0, 0.05) is 0 Å². The van der Waals surface area contributed by atoms with E-state index < -0.39 is 46.4 Å². The van der Waals surface area contributed by atoms with Crippen molar-refractivity contribution < 1.29 is 48.3 Å². The zero-order valence-electron chi connectivity index (χ0n) is 17.4. The maximum Gasteiger partial charge on any atom is 0.378 e. The number of ether oxygens (including phenoxy) is 1. The number of nitrogens with zero attached hydrogens (tertiary/aromatic N) is 5. The average Bonchev–Trinajstić information content (AvgIpc) is 3.50. The van der Waals surface area contributed by atoms with Crippen molar-refractivity contribution in [3.63, 3.8) is 0 Å². The van der Waals surface area contributed by atoms with Crippen molar-refractivity contribution in [3.8, 4) is 17.1 Å². The van der Waals surface area contributed by atoms with E-state index in [1.807, 2.05) is 0 Å². The first-order valence-electron chi connectivity index (χ1n) is 9.47. The molecule has 2 heterocycles. The molecular formula is C18H15F8N5O3S. The van der Waals surface area contributed by atoms with Crippen LogP contribution in [0.5, 0.6) is 5.75 Å². The molecule has 2 atom stereocenters. The van der Waals surface area contributed by atoms with Gasteiger partial charge in [-0.25, -0.2) is 35.9 Å². The molecule has 0 aliphatic carbocycles. The molecule has 3 rings (SSSR count). The lowest BCUT2D eigenvalue weighted by Crippen LogP contribution is -2.56. The highest BCUT2D eigenvalue weighted by Crippen LogP contribution is 2.44. The Hall–Kier alpha value is -3.24. The fraction of sp³-hybridized carbons (Fsp3) is 0.389. The molecule has 8 nitrogen and oxygen atoms in total. The van der Waals surface area contributed by atoms with Crippen LogP contribution in [0.1, 0.15) is 6.92 Å². The monoisotopic (exact) mass is 533 g/mol. The van der Waals surface area contributed by atoms with Gasteiger partial charge in [-0.2, -0.15) is 32.1 Å². The zero-order chi connectivity index (χ0) is 26.2. The van der Waals surface area contributed by atoms with Gasteiger partial charge in [0.05, 0.1) is 34.4 Å². The van der Waals surface area contributed by atoms with Crippen LogP contribution in [0.15, 0.2) is 48.1 Å². The quantitative estimate of drug-likeness (QED) is 0.369. The second-order valence-electron chi connectivity index (χ2n) is 6.93. The van der Waals surface area contributed by atoms with Crippen LogP contribution in [-0.2, 0) is 9.84 Å². The molecule has 0 fully saturated rings. The first-order chi connectivity index (χ1) is 16.2. The van der Waals surface area contributed by atoms with Gasteiger partial charge in [-0.3, -0.25) is 0 Å². The molecule has 17 heteroatoms. The molecule has 0 saturated heterocycles. The lowest BCUT2D eigenvalue weighted by atomic mass is 10.1. The first kappa shape index (κ1) is 26.4. The smallest absolute Gasteiger partial charge is 0.378 e. The summed E-state index contributed by atoms with van der Waals surface area (Å²) in [5, 5.41) is 7.53. The van der Waals surface area contributed by atoms with E-state index in [1.165, 1.54) is 42.5 Å². The van der Waals surface area contributed by atoms with E-state index in [0.717, 1.165) is 4.68 Å². The third-order valence-electron chi connectivity index (χ3n) is 4.68. The Morgan fingerprint density at radius 1 is 1.03 bits per heavy atom. The Balaban J connectivity index is 1.96. The van der Waals surface area contributed by atoms with Gasteiger partial charge in [-0.1, -0.05) is 6.92 Å². The molecular weight excluding hydrogens is 518 g/mol. The van der Waals surface area contributed by atoms with Crippen molar-refractivity contribution in [2.45, 2.75) is 42.6 Å². The van der Waals surface area contributed by atoms with E-state index in [9.17, 15) is 43.5 Å². The van der Waals surface area contributed by atoms with Crippen LogP contribution in [-0.4, -0.2) is 69.5 Å². The van der Waals surface area contributed by atoms with E-state index in [1.54, 1.807) is 0 Å². The molecule has 1 aromatic carbocycles. The molecule has 0 aliphatic heterocycles. The molecule has 0 radical (unpaired) electrons. The molecule has 2 unspecified atom stereocenters. The van der Waals surface area contributed by atoms with Gasteiger partial charge in [-0.15, -0.1) is 0 Å². The topological polar surface area (TPSA) is 91.9 Å². The van der Waals surface area contributed by atoms with Crippen molar-refractivity contribution in [1.82, 2.24) is 24.5 Å². The fourth-order valence-electron chi connectivity index (χ4n) is 2.77. The van der Waals surface area contributed by atoms with Crippen molar-refractivity contribution >= 4 is 9.84 Å². The molecule has 0 saturated carbocycles. The maximum atomic E-state index is 14.0. The summed E-state index contributed by atoms with van der Waals surface area (Å²) in [6.07, 6.45) is -9.72. The molecule has 3 aromatic rings. The van der Waals surface area contributed by atoms with Crippen molar-refractivity contribution in [2.75, 3.05) is 5.75 Å². The lowest BCUT2D eigenvalue weighted by Gasteiger charge is -2.30. The van der Waals surface area contributed by atoms with Gasteiger partial charge in [-0.05, 0) is 18.2 Å². The second kappa shape index (κ2) is 9.43. The number of sulfone groups is 1. The number of benzene rings is 1. The van der Waals surface area contributed by atoms with E-state index >= 15 is 0 Å². The highest BCUT2D eigenvalue weighted by molar-refractivity contribution is 7.91. The van der Waals surface area contributed by atoms with Crippen LogP contribution in [0.2, 0.25) is 0 Å². The Bertz CT molecular complexity index is 1270. The average molecular weight is 533 g/mol. The normalized spacial score (nSPS) is 14.8. The number of hydrogen-bond acceptors (Lipinski definition) is 6. The molecule has 35 heavy (non-hydrogen) atoms. The van der Waals surface area contributed by atoms with Gasteiger partial charge in [0.1, 0.15) is 12.7 Å². The Kier molecular flexibility index (Phi) is 7.10. The number of alkyl halides is 8. The highest BCUT2D eigenvalue weighted by Gasteiger charge is 2.70. The van der Waals surface area contributed by atoms with E-state index in [2.05, 4.69) is 19.9 Å². The number of halogens is 8. The summed E-state index contributed by atoms with van der Waals surface area (Å²) < 4.78 is 137. The largest absolute Gasteiger partial charge is 0.451 e. The Morgan fingerprint density at radius 2 is 1.71 bits per heavy atom. The minimum absolute atomic E-state index is 0.177. The minimum Gasteiger partial charge on any atom is -0.451 e. The van der Waals surface area contributed by atoms with Crippen LogP contribution in [0.3, 0.4) is 0 Å². The molecule has 0 spiro atoms. The maximum absolute atomic E-state index is 14.0. The van der Waals surface area contributed by atoms with Crippen LogP contribution in [0, 0.1) is 0 Å². The Labute approximate surface area is 192 Å². The fourth-order valence-corrected chi connectivity index (χ4v) is 3.83. The predicted octanol–water partition coefficient (Wildman–Crippen LogP) is 3.79. The molecule has 2 aromatic heterocycles. The summed E-state index contributed by atoms with van der Waals surface area (Å²) in [6, 6.07) is 3.81. The van der Waals surface area contributed by atoms with E-state index in [4.69, 9.17) is 0 Å². The van der Waals surface area contributed by atoms with Gasteiger partial charge >= 0.3 is 18.2 Å². The summed E-state index contributed by atoms with van der Waals surface area (Å²) in [7, 11) is -3.89. The molecule has 0 bridgehead atoms. The SMILES string of the molecule is CCS(=O)(=O)c1ccc(-n2cncn2)cc1-n1cc(OC(F)C(F)(F)C(F)(F)C(F)C(F)F)cn1. The van der Waals surface area contributed by atoms with E-state index in [0.29, 0.717) is 12.4 Å². The summed E-state index contributed by atoms with van der Waals surface area (Å²) in [4.78, 5) is 3.45.